The summed E-state index contributed by atoms with van der Waals surface area (Å²) in [4.78, 5) is 23.5. The van der Waals surface area contributed by atoms with Crippen molar-refractivity contribution >= 4 is 11.7 Å². The molecule has 1 aromatic heterocycles. The molecule has 2 aromatic rings. The molecule has 8 heteroatoms. The predicted octanol–water partition coefficient (Wildman–Crippen LogP) is 3.44. The van der Waals surface area contributed by atoms with E-state index in [9.17, 15) is 18.0 Å². The highest BCUT2D eigenvalue weighted by Crippen LogP contribution is 2.38. The molecule has 0 saturated carbocycles. The molecule has 0 N–H and O–H groups in total. The number of alkyl halides is 3. The first-order valence-electron chi connectivity index (χ1n) is 10.1. The molecule has 2 saturated heterocycles. The number of carbonyl (C=O) groups excluding carboxylic acids is 1. The zero-order valence-corrected chi connectivity index (χ0v) is 16.8. The Labute approximate surface area is 174 Å². The van der Waals surface area contributed by atoms with Gasteiger partial charge in [-0.25, -0.2) is 4.98 Å². The highest BCUT2D eigenvalue weighted by atomic mass is 19.4. The van der Waals surface area contributed by atoms with Crippen molar-refractivity contribution in [3.63, 3.8) is 0 Å². The Morgan fingerprint density at radius 3 is 2.50 bits per heavy atom. The first kappa shape index (κ1) is 20.7. The van der Waals surface area contributed by atoms with Crippen LogP contribution >= 0.6 is 0 Å². The van der Waals surface area contributed by atoms with E-state index in [4.69, 9.17) is 0 Å². The summed E-state index contributed by atoms with van der Waals surface area (Å²) in [5.74, 6) is 0.808. The van der Waals surface area contributed by atoms with Crippen molar-refractivity contribution in [3.05, 3.63) is 59.8 Å². The minimum atomic E-state index is -4.37. The highest BCUT2D eigenvalue weighted by molar-refractivity contribution is 5.80. The molecule has 2 aliphatic heterocycles. The zero-order valence-electron chi connectivity index (χ0n) is 16.8. The van der Waals surface area contributed by atoms with Gasteiger partial charge in [0, 0.05) is 45.0 Å². The Morgan fingerprint density at radius 2 is 1.83 bits per heavy atom. The van der Waals surface area contributed by atoms with Gasteiger partial charge in [-0.1, -0.05) is 18.2 Å². The van der Waals surface area contributed by atoms with E-state index in [0.29, 0.717) is 31.6 Å². The first-order valence-corrected chi connectivity index (χ1v) is 10.1. The van der Waals surface area contributed by atoms with Crippen LogP contribution in [0.25, 0.3) is 0 Å². The number of carbonyl (C=O) groups is 1. The number of pyridine rings is 1. The minimum absolute atomic E-state index is 0.0944. The van der Waals surface area contributed by atoms with Gasteiger partial charge in [-0.3, -0.25) is 9.69 Å². The quantitative estimate of drug-likeness (QED) is 0.766. The number of nitrogens with zero attached hydrogens (tertiary/aromatic N) is 4. The molecule has 0 aliphatic carbocycles. The van der Waals surface area contributed by atoms with Gasteiger partial charge >= 0.3 is 6.18 Å². The molecule has 5 nitrogen and oxygen atoms in total. The first-order chi connectivity index (χ1) is 14.3. The fourth-order valence-electron chi connectivity index (χ4n) is 4.45. The number of amides is 1. The van der Waals surface area contributed by atoms with Crippen LogP contribution in [-0.2, 0) is 11.0 Å². The maximum absolute atomic E-state index is 13.1. The van der Waals surface area contributed by atoms with Crippen LogP contribution in [0, 0.1) is 5.92 Å². The average molecular weight is 418 g/mol. The van der Waals surface area contributed by atoms with Gasteiger partial charge in [0.1, 0.15) is 5.82 Å². The second-order valence-electron chi connectivity index (χ2n) is 8.01. The Balaban J connectivity index is 1.39. The van der Waals surface area contributed by atoms with Crippen molar-refractivity contribution in [1.29, 1.82) is 0 Å². The molecule has 1 aromatic carbocycles. The van der Waals surface area contributed by atoms with Crippen molar-refractivity contribution < 1.29 is 18.0 Å². The Kier molecular flexibility index (Phi) is 5.69. The number of likely N-dealkylation sites (tertiary alicyclic amines) is 1. The lowest BCUT2D eigenvalue weighted by Gasteiger charge is -2.36. The fourth-order valence-corrected chi connectivity index (χ4v) is 4.45. The van der Waals surface area contributed by atoms with Crippen molar-refractivity contribution in [1.82, 2.24) is 14.8 Å². The van der Waals surface area contributed by atoms with Crippen LogP contribution in [0.4, 0.5) is 19.0 Å². The molecular formula is C22H25F3N4O. The van der Waals surface area contributed by atoms with Crippen molar-refractivity contribution in [3.8, 4) is 0 Å². The third-order valence-electron chi connectivity index (χ3n) is 6.06. The number of aromatic nitrogens is 1. The van der Waals surface area contributed by atoms with Crippen LogP contribution in [0.2, 0.25) is 0 Å². The summed E-state index contributed by atoms with van der Waals surface area (Å²) in [7, 11) is 1.87. The molecule has 2 aliphatic rings. The fraction of sp³-hybridized carbons (Fsp3) is 0.455. The third-order valence-corrected chi connectivity index (χ3v) is 6.06. The minimum Gasteiger partial charge on any atom is -0.353 e. The number of hydrogen-bond donors (Lipinski definition) is 0. The molecule has 2 fully saturated rings. The van der Waals surface area contributed by atoms with E-state index in [0.717, 1.165) is 25.0 Å². The SMILES string of the molecule is CN1C[C@H](C(=O)N2CCN(c3ccccn3)CC2)C[C@H]1c1cccc(C(F)(F)F)c1. The van der Waals surface area contributed by atoms with Crippen LogP contribution in [-0.4, -0.2) is 60.5 Å². The van der Waals surface area contributed by atoms with Gasteiger partial charge in [-0.05, 0) is 43.3 Å². The number of benzene rings is 1. The largest absolute Gasteiger partial charge is 0.416 e. The second-order valence-corrected chi connectivity index (χ2v) is 8.01. The number of hydrogen-bond acceptors (Lipinski definition) is 4. The summed E-state index contributed by atoms with van der Waals surface area (Å²) in [5, 5.41) is 0. The normalized spacial score (nSPS) is 23.1. The van der Waals surface area contributed by atoms with Gasteiger partial charge in [0.05, 0.1) is 11.5 Å². The molecular weight excluding hydrogens is 393 g/mol. The van der Waals surface area contributed by atoms with Gasteiger partial charge in [-0.2, -0.15) is 13.2 Å². The van der Waals surface area contributed by atoms with E-state index < -0.39 is 11.7 Å². The average Bonchev–Trinajstić information content (AvgIpc) is 3.15. The zero-order chi connectivity index (χ0) is 21.3. The molecule has 1 amide bonds. The van der Waals surface area contributed by atoms with Gasteiger partial charge in [0.2, 0.25) is 5.91 Å². The smallest absolute Gasteiger partial charge is 0.353 e. The van der Waals surface area contributed by atoms with E-state index in [1.54, 1.807) is 12.3 Å². The lowest BCUT2D eigenvalue weighted by Crippen LogP contribution is -2.50. The van der Waals surface area contributed by atoms with Crippen LogP contribution in [0.15, 0.2) is 48.7 Å². The molecule has 4 rings (SSSR count). The summed E-state index contributed by atoms with van der Waals surface area (Å²) >= 11 is 0. The Hall–Kier alpha value is -2.61. The topological polar surface area (TPSA) is 39.7 Å². The van der Waals surface area contributed by atoms with Crippen molar-refractivity contribution in [2.24, 2.45) is 5.92 Å². The van der Waals surface area contributed by atoms with Gasteiger partial charge in [0.15, 0.2) is 0 Å². The molecule has 30 heavy (non-hydrogen) atoms. The lowest BCUT2D eigenvalue weighted by atomic mass is 9.97. The predicted molar refractivity (Wildman–Crippen MR) is 108 cm³/mol. The molecule has 0 spiro atoms. The van der Waals surface area contributed by atoms with Crippen LogP contribution < -0.4 is 4.90 Å². The van der Waals surface area contributed by atoms with Crippen molar-refractivity contribution in [2.75, 3.05) is 44.7 Å². The molecule has 2 atom stereocenters. The second kappa shape index (κ2) is 8.26. The van der Waals surface area contributed by atoms with Crippen LogP contribution in [0.3, 0.4) is 0 Å². The molecule has 0 bridgehead atoms. The molecule has 0 unspecified atom stereocenters. The summed E-state index contributed by atoms with van der Waals surface area (Å²) in [6, 6.07) is 11.1. The van der Waals surface area contributed by atoms with E-state index in [2.05, 4.69) is 9.88 Å². The molecule has 0 radical (unpaired) electrons. The molecule has 160 valence electrons. The number of rotatable bonds is 3. The van der Waals surface area contributed by atoms with Crippen molar-refractivity contribution in [2.45, 2.75) is 18.6 Å². The number of piperazine rings is 1. The standard InChI is InChI=1S/C22H25F3N4O/c1-27-15-17(14-19(27)16-5-4-6-18(13-16)22(23,24)25)21(30)29-11-9-28(10-12-29)20-7-2-3-8-26-20/h2-8,13,17,19H,9-12,14-15H2,1H3/t17-,19+/m1/s1. The summed E-state index contributed by atoms with van der Waals surface area (Å²) < 4.78 is 39.2. The summed E-state index contributed by atoms with van der Waals surface area (Å²) in [6.07, 6.45) is -2.07. The maximum atomic E-state index is 13.1. The Bertz CT molecular complexity index is 881. The van der Waals surface area contributed by atoms with Gasteiger partial charge < -0.3 is 9.80 Å². The van der Waals surface area contributed by atoms with E-state index in [-0.39, 0.29) is 17.9 Å². The third kappa shape index (κ3) is 4.28. The van der Waals surface area contributed by atoms with E-state index in [1.807, 2.05) is 35.0 Å². The van der Waals surface area contributed by atoms with Crippen LogP contribution in [0.1, 0.15) is 23.6 Å². The Morgan fingerprint density at radius 1 is 1.07 bits per heavy atom. The maximum Gasteiger partial charge on any atom is 0.416 e. The summed E-state index contributed by atoms with van der Waals surface area (Å²) in [5.41, 5.74) is -0.0311. The van der Waals surface area contributed by atoms with E-state index >= 15 is 0 Å². The van der Waals surface area contributed by atoms with Crippen LogP contribution in [0.5, 0.6) is 0 Å². The lowest BCUT2D eigenvalue weighted by molar-refractivity contribution is -0.138. The van der Waals surface area contributed by atoms with Gasteiger partial charge in [-0.15, -0.1) is 0 Å². The molecule has 3 heterocycles. The van der Waals surface area contributed by atoms with Gasteiger partial charge in [0.25, 0.3) is 0 Å². The number of anilines is 1. The monoisotopic (exact) mass is 418 g/mol. The number of halogens is 3. The summed E-state index contributed by atoms with van der Waals surface area (Å²) in [6.45, 7) is 3.26. The highest BCUT2D eigenvalue weighted by Gasteiger charge is 2.38. The van der Waals surface area contributed by atoms with E-state index in [1.165, 1.54) is 12.1 Å².